The van der Waals surface area contributed by atoms with Gasteiger partial charge in [-0.25, -0.2) is 0 Å². The van der Waals surface area contributed by atoms with E-state index in [4.69, 9.17) is 0 Å². The molecule has 0 unspecified atom stereocenters. The van der Waals surface area contributed by atoms with Crippen molar-refractivity contribution in [1.82, 2.24) is 0 Å². The topological polar surface area (TPSA) is 20.9 Å². The van der Waals surface area contributed by atoms with E-state index in [9.17, 15) is 4.79 Å². The standard InChI is InChI=1S/C17H20NO/c1-17(2,3)16(19)15-11-7-8-12-18(15)13-14-9-5-4-6-10-14/h4-12H,13H2,1-3H3/q+1. The minimum atomic E-state index is -0.361. The Morgan fingerprint density at radius 1 is 1.00 bits per heavy atom. The summed E-state index contributed by atoms with van der Waals surface area (Å²) in [7, 11) is 0. The van der Waals surface area contributed by atoms with Crippen LogP contribution in [0, 0.1) is 5.41 Å². The third-order valence-corrected chi connectivity index (χ3v) is 3.05. The van der Waals surface area contributed by atoms with E-state index in [2.05, 4.69) is 12.1 Å². The van der Waals surface area contributed by atoms with Crippen molar-refractivity contribution < 1.29 is 9.36 Å². The van der Waals surface area contributed by atoms with Crippen LogP contribution in [0.25, 0.3) is 0 Å². The summed E-state index contributed by atoms with van der Waals surface area (Å²) in [6.07, 6.45) is 1.96. The Morgan fingerprint density at radius 2 is 1.63 bits per heavy atom. The lowest BCUT2D eigenvalue weighted by atomic mass is 9.88. The first-order valence-corrected chi connectivity index (χ1v) is 6.56. The number of hydrogen-bond donors (Lipinski definition) is 0. The molecule has 2 aromatic rings. The lowest BCUT2D eigenvalue weighted by Gasteiger charge is -2.15. The number of rotatable bonds is 3. The molecule has 0 saturated heterocycles. The number of carbonyl (C=O) groups excluding carboxylic acids is 1. The van der Waals surface area contributed by atoms with Gasteiger partial charge < -0.3 is 0 Å². The third-order valence-electron chi connectivity index (χ3n) is 3.05. The Labute approximate surface area is 114 Å². The maximum Gasteiger partial charge on any atom is 0.249 e. The maximum absolute atomic E-state index is 12.5. The van der Waals surface area contributed by atoms with Crippen molar-refractivity contribution in [3.63, 3.8) is 0 Å². The minimum Gasteiger partial charge on any atom is -0.287 e. The van der Waals surface area contributed by atoms with Gasteiger partial charge in [-0.05, 0) is 6.07 Å². The summed E-state index contributed by atoms with van der Waals surface area (Å²) in [5.41, 5.74) is 1.60. The van der Waals surface area contributed by atoms with Crippen molar-refractivity contribution in [2.24, 2.45) is 5.41 Å². The Morgan fingerprint density at radius 3 is 2.26 bits per heavy atom. The first kappa shape index (κ1) is 13.5. The van der Waals surface area contributed by atoms with Crippen LogP contribution in [0.2, 0.25) is 0 Å². The molecule has 0 fully saturated rings. The molecule has 0 N–H and O–H groups in total. The fourth-order valence-corrected chi connectivity index (χ4v) is 1.98. The molecule has 1 aromatic heterocycles. The molecular formula is C17H20NO+. The Balaban J connectivity index is 2.35. The van der Waals surface area contributed by atoms with Gasteiger partial charge >= 0.3 is 0 Å². The highest BCUT2D eigenvalue weighted by Gasteiger charge is 2.29. The molecule has 1 aromatic carbocycles. The lowest BCUT2D eigenvalue weighted by molar-refractivity contribution is -0.690. The van der Waals surface area contributed by atoms with Crippen LogP contribution in [0.3, 0.4) is 0 Å². The second kappa shape index (κ2) is 5.35. The molecule has 0 aliphatic heterocycles. The number of carbonyl (C=O) groups is 1. The number of hydrogen-bond acceptors (Lipinski definition) is 1. The van der Waals surface area contributed by atoms with Gasteiger partial charge in [-0.3, -0.25) is 4.79 Å². The van der Waals surface area contributed by atoms with E-state index >= 15 is 0 Å². The fourth-order valence-electron chi connectivity index (χ4n) is 1.98. The summed E-state index contributed by atoms with van der Waals surface area (Å²) >= 11 is 0. The van der Waals surface area contributed by atoms with E-state index in [-0.39, 0.29) is 11.2 Å². The summed E-state index contributed by atoms with van der Waals surface area (Å²) in [5.74, 6) is 0.170. The number of nitrogens with zero attached hydrogens (tertiary/aromatic N) is 1. The minimum absolute atomic E-state index is 0.170. The van der Waals surface area contributed by atoms with Crippen molar-refractivity contribution >= 4 is 5.78 Å². The zero-order valence-electron chi connectivity index (χ0n) is 11.8. The van der Waals surface area contributed by atoms with Gasteiger partial charge in [-0.2, -0.15) is 4.57 Å². The first-order chi connectivity index (χ1) is 8.98. The molecule has 2 heteroatoms. The van der Waals surface area contributed by atoms with Crippen LogP contribution < -0.4 is 4.57 Å². The predicted octanol–water partition coefficient (Wildman–Crippen LogP) is 3.25. The first-order valence-electron chi connectivity index (χ1n) is 6.56. The molecule has 0 amide bonds. The van der Waals surface area contributed by atoms with Gasteiger partial charge in [-0.1, -0.05) is 51.1 Å². The Bertz CT molecular complexity index is 567. The van der Waals surface area contributed by atoms with Crippen LogP contribution in [0.5, 0.6) is 0 Å². The lowest BCUT2D eigenvalue weighted by Crippen LogP contribution is -2.43. The van der Waals surface area contributed by atoms with Crippen LogP contribution in [-0.4, -0.2) is 5.78 Å². The average Bonchev–Trinajstić information content (AvgIpc) is 2.39. The third kappa shape index (κ3) is 3.28. The fraction of sp³-hybridized carbons (Fsp3) is 0.294. The van der Waals surface area contributed by atoms with E-state index in [0.717, 1.165) is 12.2 Å². The van der Waals surface area contributed by atoms with Gasteiger partial charge in [0.2, 0.25) is 11.5 Å². The largest absolute Gasteiger partial charge is 0.287 e. The van der Waals surface area contributed by atoms with Gasteiger partial charge in [0.15, 0.2) is 12.7 Å². The number of Topliss-reactive ketones (excluding diaryl/α,β-unsaturated/α-hetero) is 1. The van der Waals surface area contributed by atoms with Crippen molar-refractivity contribution in [2.75, 3.05) is 0 Å². The van der Waals surface area contributed by atoms with Crippen LogP contribution in [-0.2, 0) is 6.54 Å². The average molecular weight is 254 g/mol. The molecule has 0 bridgehead atoms. The Hall–Kier alpha value is -1.96. The predicted molar refractivity (Wildman–Crippen MR) is 76.0 cm³/mol. The SMILES string of the molecule is CC(C)(C)C(=O)c1cccc[n+]1Cc1ccccc1. The molecule has 0 spiro atoms. The number of ketones is 1. The number of pyridine rings is 1. The molecule has 2 nitrogen and oxygen atoms in total. The molecule has 0 saturated carbocycles. The molecule has 1 heterocycles. The number of aromatic nitrogens is 1. The highest BCUT2D eigenvalue weighted by molar-refractivity contribution is 5.96. The molecule has 0 atom stereocenters. The summed E-state index contributed by atoms with van der Waals surface area (Å²) in [6, 6.07) is 16.0. The monoisotopic (exact) mass is 254 g/mol. The zero-order chi connectivity index (χ0) is 13.9. The molecule has 2 rings (SSSR count). The van der Waals surface area contributed by atoms with E-state index in [1.165, 1.54) is 5.56 Å². The molecule has 0 aliphatic rings. The Kier molecular flexibility index (Phi) is 3.79. The highest BCUT2D eigenvalue weighted by atomic mass is 16.1. The normalized spacial score (nSPS) is 11.3. The smallest absolute Gasteiger partial charge is 0.249 e. The van der Waals surface area contributed by atoms with Gasteiger partial charge in [0.05, 0.1) is 0 Å². The van der Waals surface area contributed by atoms with Crippen LogP contribution in [0.4, 0.5) is 0 Å². The van der Waals surface area contributed by atoms with Crippen molar-refractivity contribution in [1.29, 1.82) is 0 Å². The van der Waals surface area contributed by atoms with E-state index in [1.807, 2.05) is 67.9 Å². The quantitative estimate of drug-likeness (QED) is 0.608. The molecule has 98 valence electrons. The summed E-state index contributed by atoms with van der Waals surface area (Å²) in [5, 5.41) is 0. The molecule has 0 radical (unpaired) electrons. The van der Waals surface area contributed by atoms with E-state index < -0.39 is 0 Å². The van der Waals surface area contributed by atoms with E-state index in [1.54, 1.807) is 0 Å². The summed E-state index contributed by atoms with van der Waals surface area (Å²) in [6.45, 7) is 6.58. The van der Waals surface area contributed by atoms with Gasteiger partial charge in [0.1, 0.15) is 0 Å². The van der Waals surface area contributed by atoms with Crippen molar-refractivity contribution in [2.45, 2.75) is 27.3 Å². The maximum atomic E-state index is 12.5. The number of benzene rings is 1. The van der Waals surface area contributed by atoms with Crippen LogP contribution >= 0.6 is 0 Å². The zero-order valence-corrected chi connectivity index (χ0v) is 11.8. The van der Waals surface area contributed by atoms with Crippen LogP contribution in [0.1, 0.15) is 36.8 Å². The molecule has 19 heavy (non-hydrogen) atoms. The summed E-state index contributed by atoms with van der Waals surface area (Å²) < 4.78 is 2.02. The van der Waals surface area contributed by atoms with Gasteiger partial charge in [0.25, 0.3) is 0 Å². The van der Waals surface area contributed by atoms with Gasteiger partial charge in [-0.15, -0.1) is 0 Å². The highest BCUT2D eigenvalue weighted by Crippen LogP contribution is 2.18. The van der Waals surface area contributed by atoms with Crippen molar-refractivity contribution in [3.05, 3.63) is 66.0 Å². The van der Waals surface area contributed by atoms with E-state index in [0.29, 0.717) is 0 Å². The summed E-state index contributed by atoms with van der Waals surface area (Å²) in [4.78, 5) is 12.5. The second-order valence-electron chi connectivity index (χ2n) is 5.78. The van der Waals surface area contributed by atoms with Crippen molar-refractivity contribution in [3.8, 4) is 0 Å². The molecular weight excluding hydrogens is 234 g/mol. The molecule has 0 aliphatic carbocycles. The second-order valence-corrected chi connectivity index (χ2v) is 5.78. The van der Waals surface area contributed by atoms with Crippen LogP contribution in [0.15, 0.2) is 54.7 Å². The van der Waals surface area contributed by atoms with Gasteiger partial charge in [0, 0.05) is 23.1 Å².